The first-order valence-corrected chi connectivity index (χ1v) is 9.18. The van der Waals surface area contributed by atoms with Crippen molar-refractivity contribution in [3.05, 3.63) is 75.5 Å². The van der Waals surface area contributed by atoms with E-state index in [9.17, 15) is 14.4 Å². The van der Waals surface area contributed by atoms with Crippen LogP contribution in [-0.4, -0.2) is 32.1 Å². The number of fused-ring (bicyclic) bond motifs is 1. The van der Waals surface area contributed by atoms with E-state index < -0.39 is 17.8 Å². The highest BCUT2D eigenvalue weighted by Gasteiger charge is 2.19. The van der Waals surface area contributed by atoms with Crippen LogP contribution >= 0.6 is 15.9 Å². The van der Waals surface area contributed by atoms with Crippen LogP contribution in [0.5, 0.6) is 5.75 Å². The molecular formula is C21H16BrNO6. The first kappa shape index (κ1) is 20.3. The molecule has 3 rings (SSSR count). The number of rotatable bonds is 4. The molecule has 0 spiro atoms. The normalized spacial score (nSPS) is 12.0. The zero-order valence-electron chi connectivity index (χ0n) is 15.5. The van der Waals surface area contributed by atoms with Gasteiger partial charge in [0.25, 0.3) is 5.91 Å². The number of hydrogen-bond acceptors (Lipinski definition) is 6. The smallest absolute Gasteiger partial charge is 0.339 e. The maximum atomic E-state index is 12.9. The van der Waals surface area contributed by atoms with Crippen LogP contribution in [0.1, 0.15) is 26.3 Å². The molecule has 0 unspecified atom stereocenters. The molecule has 8 heteroatoms. The summed E-state index contributed by atoms with van der Waals surface area (Å²) in [5, 5.41) is 2.65. The number of carbonyl (C=O) groups excluding carboxylic acids is 3. The lowest BCUT2D eigenvalue weighted by Crippen LogP contribution is -2.17. The van der Waals surface area contributed by atoms with Crippen molar-refractivity contribution in [1.82, 2.24) is 0 Å². The number of halogens is 1. The van der Waals surface area contributed by atoms with E-state index in [1.54, 1.807) is 12.1 Å². The lowest BCUT2D eigenvalue weighted by molar-refractivity contribution is -0.112. The average molecular weight is 458 g/mol. The average Bonchev–Trinajstić information content (AvgIpc) is 2.94. The van der Waals surface area contributed by atoms with E-state index >= 15 is 0 Å². The van der Waals surface area contributed by atoms with Crippen LogP contribution in [0.25, 0.3) is 6.08 Å². The number of esters is 2. The van der Waals surface area contributed by atoms with Gasteiger partial charge in [0.1, 0.15) is 5.75 Å². The van der Waals surface area contributed by atoms with Crippen molar-refractivity contribution in [2.45, 2.75) is 0 Å². The van der Waals surface area contributed by atoms with Crippen molar-refractivity contribution in [1.29, 1.82) is 0 Å². The summed E-state index contributed by atoms with van der Waals surface area (Å²) in [6.45, 7) is 0. The largest absolute Gasteiger partial charge is 0.465 e. The second kappa shape index (κ2) is 8.74. The van der Waals surface area contributed by atoms with Gasteiger partial charge in [0.05, 0.1) is 37.3 Å². The van der Waals surface area contributed by atoms with Gasteiger partial charge in [-0.3, -0.25) is 4.79 Å². The Morgan fingerprint density at radius 1 is 1.00 bits per heavy atom. The van der Waals surface area contributed by atoms with Crippen molar-refractivity contribution in [3.8, 4) is 5.75 Å². The van der Waals surface area contributed by atoms with Gasteiger partial charge in [0.2, 0.25) is 0 Å². The summed E-state index contributed by atoms with van der Waals surface area (Å²) in [7, 11) is 2.47. The molecule has 1 aliphatic rings. The monoisotopic (exact) mass is 457 g/mol. The van der Waals surface area contributed by atoms with Gasteiger partial charge in [-0.1, -0.05) is 15.9 Å². The molecule has 0 fully saturated rings. The molecule has 148 valence electrons. The van der Waals surface area contributed by atoms with E-state index in [0.29, 0.717) is 16.9 Å². The summed E-state index contributed by atoms with van der Waals surface area (Å²) in [4.78, 5) is 36.7. The standard InChI is InChI=1S/C21H16BrNO6/c1-27-20(25)13-3-5-16(21(26)28-2)17(11-13)23-19(24)12-7-8-29-18-6-4-15(22)10-14(18)9-12/h3-11H,1-2H3,(H,23,24). The molecule has 0 bridgehead atoms. The van der Waals surface area contributed by atoms with Crippen molar-refractivity contribution >= 4 is 45.5 Å². The summed E-state index contributed by atoms with van der Waals surface area (Å²) in [6.07, 6.45) is 4.56. The predicted molar refractivity (Wildman–Crippen MR) is 110 cm³/mol. The number of anilines is 1. The molecule has 7 nitrogen and oxygen atoms in total. The molecule has 2 aromatic rings. The van der Waals surface area contributed by atoms with Crippen LogP contribution in [0.3, 0.4) is 0 Å². The predicted octanol–water partition coefficient (Wildman–Crippen LogP) is 3.95. The number of nitrogens with one attached hydrogen (secondary N) is 1. The summed E-state index contributed by atoms with van der Waals surface area (Å²) >= 11 is 3.39. The van der Waals surface area contributed by atoms with Crippen molar-refractivity contribution < 1.29 is 28.6 Å². The Hall–Kier alpha value is -3.39. The first-order chi connectivity index (χ1) is 13.9. The summed E-state index contributed by atoms with van der Waals surface area (Å²) in [6, 6.07) is 9.58. The lowest BCUT2D eigenvalue weighted by atomic mass is 10.1. The quantitative estimate of drug-likeness (QED) is 0.698. The van der Waals surface area contributed by atoms with Crippen LogP contribution in [-0.2, 0) is 14.3 Å². The number of benzene rings is 2. The number of hydrogen-bond donors (Lipinski definition) is 1. The first-order valence-electron chi connectivity index (χ1n) is 8.39. The third kappa shape index (κ3) is 4.55. The van der Waals surface area contributed by atoms with Gasteiger partial charge in [-0.25, -0.2) is 9.59 Å². The molecule has 1 N–H and O–H groups in total. The summed E-state index contributed by atoms with van der Waals surface area (Å²) in [5.74, 6) is -1.16. The molecular weight excluding hydrogens is 442 g/mol. The van der Waals surface area contributed by atoms with Gasteiger partial charge in [0, 0.05) is 15.6 Å². The maximum Gasteiger partial charge on any atom is 0.339 e. The third-order valence-corrected chi connectivity index (χ3v) is 4.58. The number of ether oxygens (including phenoxy) is 3. The van der Waals surface area contributed by atoms with E-state index in [1.165, 1.54) is 44.8 Å². The highest BCUT2D eigenvalue weighted by Crippen LogP contribution is 2.29. The van der Waals surface area contributed by atoms with Crippen molar-refractivity contribution in [3.63, 3.8) is 0 Å². The van der Waals surface area contributed by atoms with Crippen LogP contribution < -0.4 is 10.1 Å². The molecule has 1 heterocycles. The van der Waals surface area contributed by atoms with Crippen LogP contribution in [0.4, 0.5) is 5.69 Å². The molecule has 29 heavy (non-hydrogen) atoms. The van der Waals surface area contributed by atoms with E-state index in [0.717, 1.165) is 4.47 Å². The molecule has 0 saturated carbocycles. The van der Waals surface area contributed by atoms with Crippen molar-refractivity contribution in [2.24, 2.45) is 0 Å². The molecule has 2 aromatic carbocycles. The minimum Gasteiger partial charge on any atom is -0.465 e. The Bertz CT molecular complexity index is 1060. The van der Waals surface area contributed by atoms with Crippen molar-refractivity contribution in [2.75, 3.05) is 19.5 Å². The van der Waals surface area contributed by atoms with Gasteiger partial charge >= 0.3 is 11.9 Å². The van der Waals surface area contributed by atoms with Crippen LogP contribution in [0.15, 0.2) is 58.8 Å². The van der Waals surface area contributed by atoms with Gasteiger partial charge in [-0.2, -0.15) is 0 Å². The zero-order valence-corrected chi connectivity index (χ0v) is 17.1. The summed E-state index contributed by atoms with van der Waals surface area (Å²) in [5.41, 5.74) is 1.40. The molecule has 0 saturated heterocycles. The number of methoxy groups -OCH3 is 2. The Morgan fingerprint density at radius 2 is 1.76 bits per heavy atom. The highest BCUT2D eigenvalue weighted by atomic mass is 79.9. The second-order valence-electron chi connectivity index (χ2n) is 5.90. The molecule has 0 atom stereocenters. The van der Waals surface area contributed by atoms with Gasteiger partial charge < -0.3 is 19.5 Å². The lowest BCUT2D eigenvalue weighted by Gasteiger charge is -2.12. The van der Waals surface area contributed by atoms with Gasteiger partial charge in [-0.15, -0.1) is 0 Å². The minimum atomic E-state index is -0.653. The van der Waals surface area contributed by atoms with Gasteiger partial charge in [-0.05, 0) is 48.6 Å². The number of carbonyl (C=O) groups is 3. The second-order valence-corrected chi connectivity index (χ2v) is 6.82. The van der Waals surface area contributed by atoms with Crippen LogP contribution in [0, 0.1) is 0 Å². The molecule has 0 aromatic heterocycles. The van der Waals surface area contributed by atoms with Gasteiger partial charge in [0.15, 0.2) is 0 Å². The molecule has 0 radical (unpaired) electrons. The van der Waals surface area contributed by atoms with E-state index in [2.05, 4.69) is 21.2 Å². The fourth-order valence-corrected chi connectivity index (χ4v) is 3.03. The Kier molecular flexibility index (Phi) is 6.13. The molecule has 1 aliphatic heterocycles. The third-order valence-electron chi connectivity index (χ3n) is 4.08. The highest BCUT2D eigenvalue weighted by molar-refractivity contribution is 9.10. The fourth-order valence-electron chi connectivity index (χ4n) is 2.65. The Morgan fingerprint density at radius 3 is 2.48 bits per heavy atom. The fraction of sp³-hybridized carbons (Fsp3) is 0.0952. The molecule has 1 amide bonds. The topological polar surface area (TPSA) is 90.9 Å². The van der Waals surface area contributed by atoms with Crippen LogP contribution in [0.2, 0.25) is 0 Å². The Labute approximate surface area is 175 Å². The molecule has 0 aliphatic carbocycles. The summed E-state index contributed by atoms with van der Waals surface area (Å²) < 4.78 is 15.8. The minimum absolute atomic E-state index is 0.103. The van der Waals surface area contributed by atoms with E-state index in [4.69, 9.17) is 14.2 Å². The SMILES string of the molecule is COC(=O)c1ccc(C(=O)OC)c(NC(=O)C2=Cc3cc(Br)ccc3OC=C2)c1. The van der Waals surface area contributed by atoms with E-state index in [1.807, 2.05) is 12.1 Å². The zero-order chi connectivity index (χ0) is 21.0. The Balaban J connectivity index is 1.97. The van der Waals surface area contributed by atoms with E-state index in [-0.39, 0.29) is 16.8 Å². The maximum absolute atomic E-state index is 12.9. The number of amides is 1.